The Bertz CT molecular complexity index is 866. The summed E-state index contributed by atoms with van der Waals surface area (Å²) < 4.78 is 0. The molecule has 3 atom stereocenters. The van der Waals surface area contributed by atoms with Crippen LogP contribution in [0.3, 0.4) is 0 Å². The van der Waals surface area contributed by atoms with Crippen molar-refractivity contribution < 1.29 is 4.92 Å². The monoisotopic (exact) mass is 360 g/mol. The van der Waals surface area contributed by atoms with Crippen molar-refractivity contribution in [1.82, 2.24) is 0 Å². The Morgan fingerprint density at radius 3 is 2.79 bits per heavy atom. The summed E-state index contributed by atoms with van der Waals surface area (Å²) in [7, 11) is 0. The van der Waals surface area contributed by atoms with Crippen LogP contribution < -0.4 is 5.32 Å². The van der Waals surface area contributed by atoms with E-state index in [4.69, 9.17) is 23.2 Å². The van der Waals surface area contributed by atoms with Gasteiger partial charge in [0, 0.05) is 23.7 Å². The van der Waals surface area contributed by atoms with Crippen LogP contribution in [-0.2, 0) is 0 Å². The van der Waals surface area contributed by atoms with Gasteiger partial charge in [-0.1, -0.05) is 47.5 Å². The van der Waals surface area contributed by atoms with Gasteiger partial charge >= 0.3 is 0 Å². The molecule has 0 amide bonds. The number of fused-ring (bicyclic) bond motifs is 3. The van der Waals surface area contributed by atoms with Gasteiger partial charge < -0.3 is 5.32 Å². The largest absolute Gasteiger partial charge is 0.378 e. The SMILES string of the molecule is O=[N+]([O-])c1ccc2c(c1)[C@H]1C=CC[C@H]1[C@H](c1cccc(Cl)c1Cl)N2. The summed E-state index contributed by atoms with van der Waals surface area (Å²) in [5.41, 5.74) is 2.97. The first-order valence-corrected chi connectivity index (χ1v) is 8.47. The number of nitro benzene ring substituents is 1. The van der Waals surface area contributed by atoms with Crippen molar-refractivity contribution in [1.29, 1.82) is 0 Å². The number of hydrogen-bond donors (Lipinski definition) is 1. The maximum Gasteiger partial charge on any atom is 0.269 e. The predicted molar refractivity (Wildman–Crippen MR) is 95.9 cm³/mol. The second-order valence-electron chi connectivity index (χ2n) is 6.15. The van der Waals surface area contributed by atoms with E-state index in [1.54, 1.807) is 18.2 Å². The lowest BCUT2D eigenvalue weighted by Crippen LogP contribution is -2.29. The van der Waals surface area contributed by atoms with Gasteiger partial charge in [-0.2, -0.15) is 0 Å². The summed E-state index contributed by atoms with van der Waals surface area (Å²) >= 11 is 12.6. The molecule has 2 aliphatic rings. The molecule has 0 saturated heterocycles. The molecule has 4 rings (SSSR count). The third-order valence-corrected chi connectivity index (χ3v) is 5.71. The van der Waals surface area contributed by atoms with Crippen LogP contribution in [0.25, 0.3) is 0 Å². The van der Waals surface area contributed by atoms with Gasteiger partial charge in [-0.05, 0) is 35.6 Å². The Hall–Kier alpha value is -2.04. The number of rotatable bonds is 2. The van der Waals surface area contributed by atoms with E-state index in [0.717, 1.165) is 23.2 Å². The number of nitrogens with zero attached hydrogens (tertiary/aromatic N) is 1. The molecule has 122 valence electrons. The fraction of sp³-hybridized carbons (Fsp3) is 0.222. The molecular formula is C18H14Cl2N2O2. The summed E-state index contributed by atoms with van der Waals surface area (Å²) in [6.45, 7) is 0. The number of non-ortho nitro benzene ring substituents is 1. The van der Waals surface area contributed by atoms with Crippen LogP contribution in [0, 0.1) is 16.0 Å². The van der Waals surface area contributed by atoms with Crippen molar-refractivity contribution >= 4 is 34.6 Å². The van der Waals surface area contributed by atoms with Gasteiger partial charge in [0.05, 0.1) is 21.0 Å². The Morgan fingerprint density at radius 2 is 2.00 bits per heavy atom. The summed E-state index contributed by atoms with van der Waals surface area (Å²) in [6.07, 6.45) is 5.17. The Morgan fingerprint density at radius 1 is 1.17 bits per heavy atom. The molecule has 1 heterocycles. The summed E-state index contributed by atoms with van der Waals surface area (Å²) in [5.74, 6) is 0.400. The minimum Gasteiger partial charge on any atom is -0.378 e. The molecule has 0 radical (unpaired) electrons. The second kappa shape index (κ2) is 5.80. The van der Waals surface area contributed by atoms with Crippen molar-refractivity contribution in [3.05, 3.63) is 79.8 Å². The predicted octanol–water partition coefficient (Wildman–Crippen LogP) is 5.73. The zero-order valence-electron chi connectivity index (χ0n) is 12.6. The third kappa shape index (κ3) is 2.38. The molecule has 0 unspecified atom stereocenters. The molecule has 0 aromatic heterocycles. The number of benzene rings is 2. The molecule has 0 bridgehead atoms. The fourth-order valence-corrected chi connectivity index (χ4v) is 4.19. The van der Waals surface area contributed by atoms with E-state index in [1.807, 2.05) is 12.1 Å². The van der Waals surface area contributed by atoms with Gasteiger partial charge in [0.25, 0.3) is 5.69 Å². The van der Waals surface area contributed by atoms with Gasteiger partial charge in [0.2, 0.25) is 0 Å². The van der Waals surface area contributed by atoms with Gasteiger partial charge in [-0.15, -0.1) is 0 Å². The Balaban J connectivity index is 1.81. The van der Waals surface area contributed by atoms with Gasteiger partial charge in [0.1, 0.15) is 0 Å². The number of hydrogen-bond acceptors (Lipinski definition) is 3. The molecule has 0 fully saturated rings. The van der Waals surface area contributed by atoms with Gasteiger partial charge in [-0.3, -0.25) is 10.1 Å². The van der Waals surface area contributed by atoms with E-state index in [9.17, 15) is 10.1 Å². The number of allylic oxidation sites excluding steroid dienone is 2. The van der Waals surface area contributed by atoms with E-state index in [1.165, 1.54) is 6.07 Å². The maximum atomic E-state index is 11.1. The molecule has 1 aliphatic carbocycles. The average molecular weight is 361 g/mol. The molecule has 0 spiro atoms. The summed E-state index contributed by atoms with van der Waals surface area (Å²) in [4.78, 5) is 10.7. The summed E-state index contributed by atoms with van der Waals surface area (Å²) in [5, 5.41) is 15.7. The normalized spacial score (nSPS) is 24.2. The van der Waals surface area contributed by atoms with Crippen LogP contribution in [0.15, 0.2) is 48.6 Å². The average Bonchev–Trinajstić information content (AvgIpc) is 3.06. The molecule has 24 heavy (non-hydrogen) atoms. The summed E-state index contributed by atoms with van der Waals surface area (Å²) in [6, 6.07) is 10.7. The van der Waals surface area contributed by atoms with Crippen LogP contribution >= 0.6 is 23.2 Å². The van der Waals surface area contributed by atoms with Crippen LogP contribution in [0.2, 0.25) is 10.0 Å². The van der Waals surface area contributed by atoms with E-state index >= 15 is 0 Å². The number of anilines is 1. The molecule has 1 aliphatic heterocycles. The molecule has 1 N–H and O–H groups in total. The quantitative estimate of drug-likeness (QED) is 0.422. The van der Waals surface area contributed by atoms with Crippen LogP contribution in [0.5, 0.6) is 0 Å². The topological polar surface area (TPSA) is 55.2 Å². The highest BCUT2D eigenvalue weighted by molar-refractivity contribution is 6.42. The lowest BCUT2D eigenvalue weighted by molar-refractivity contribution is -0.384. The van der Waals surface area contributed by atoms with E-state index in [0.29, 0.717) is 10.0 Å². The second-order valence-corrected chi connectivity index (χ2v) is 6.93. The van der Waals surface area contributed by atoms with Gasteiger partial charge in [-0.25, -0.2) is 0 Å². The highest BCUT2D eigenvalue weighted by atomic mass is 35.5. The fourth-order valence-electron chi connectivity index (χ4n) is 3.76. The number of halogens is 2. The highest BCUT2D eigenvalue weighted by Gasteiger charge is 2.39. The van der Waals surface area contributed by atoms with E-state index in [-0.39, 0.29) is 28.5 Å². The molecule has 2 aromatic rings. The van der Waals surface area contributed by atoms with Gasteiger partial charge in [0.15, 0.2) is 0 Å². The molecule has 6 heteroatoms. The highest BCUT2D eigenvalue weighted by Crippen LogP contribution is 2.51. The minimum atomic E-state index is -0.353. The Labute approximate surface area is 149 Å². The van der Waals surface area contributed by atoms with Crippen LogP contribution in [0.4, 0.5) is 11.4 Å². The number of nitrogens with one attached hydrogen (secondary N) is 1. The van der Waals surface area contributed by atoms with E-state index in [2.05, 4.69) is 17.5 Å². The van der Waals surface area contributed by atoms with E-state index < -0.39 is 0 Å². The molecule has 2 aromatic carbocycles. The lowest BCUT2D eigenvalue weighted by Gasteiger charge is -2.37. The number of nitro groups is 1. The molecular weight excluding hydrogens is 347 g/mol. The first-order chi connectivity index (χ1) is 11.6. The lowest BCUT2D eigenvalue weighted by atomic mass is 9.77. The maximum absolute atomic E-state index is 11.1. The Kier molecular flexibility index (Phi) is 3.74. The first-order valence-electron chi connectivity index (χ1n) is 7.71. The minimum absolute atomic E-state index is 0.0187. The molecule has 4 nitrogen and oxygen atoms in total. The van der Waals surface area contributed by atoms with Crippen molar-refractivity contribution in [2.24, 2.45) is 5.92 Å². The van der Waals surface area contributed by atoms with Crippen LogP contribution in [0.1, 0.15) is 29.5 Å². The van der Waals surface area contributed by atoms with Crippen molar-refractivity contribution in [3.63, 3.8) is 0 Å². The third-order valence-electron chi connectivity index (χ3n) is 4.87. The van der Waals surface area contributed by atoms with Crippen molar-refractivity contribution in [2.45, 2.75) is 18.4 Å². The zero-order chi connectivity index (χ0) is 16.8. The standard InChI is InChI=1S/C18H14Cl2N2O2/c19-15-6-2-5-13(17(15)20)18-12-4-1-3-11(12)14-9-10(22(23)24)7-8-16(14)21-18/h1-3,5-9,11-12,18,21H,4H2/t11-,12+,18+/m0/s1. The van der Waals surface area contributed by atoms with Crippen LogP contribution in [-0.4, -0.2) is 4.92 Å². The molecule has 0 saturated carbocycles. The first kappa shape index (κ1) is 15.5. The van der Waals surface area contributed by atoms with Crippen molar-refractivity contribution in [3.8, 4) is 0 Å². The zero-order valence-corrected chi connectivity index (χ0v) is 14.1. The smallest absolute Gasteiger partial charge is 0.269 e. The van der Waals surface area contributed by atoms with Crippen molar-refractivity contribution in [2.75, 3.05) is 5.32 Å².